The van der Waals surface area contributed by atoms with Crippen molar-refractivity contribution in [3.05, 3.63) is 47.0 Å². The maximum absolute atomic E-state index is 11.8. The van der Waals surface area contributed by atoms with Crippen molar-refractivity contribution in [2.24, 2.45) is 0 Å². The largest absolute Gasteiger partial charge is 0.465 e. The number of carbonyl (C=O) groups excluding carboxylic acids is 2. The van der Waals surface area contributed by atoms with Crippen LogP contribution >= 0.6 is 12.2 Å². The average Bonchev–Trinajstić information content (AvgIpc) is 2.51. The molecule has 0 atom stereocenters. The van der Waals surface area contributed by atoms with E-state index < -0.39 is 11.9 Å². The number of ether oxygens (including phenoxy) is 2. The fourth-order valence-corrected chi connectivity index (χ4v) is 2.09. The van der Waals surface area contributed by atoms with Gasteiger partial charge in [0.15, 0.2) is 0 Å². The van der Waals surface area contributed by atoms with Gasteiger partial charge in [0.1, 0.15) is 0 Å². The van der Waals surface area contributed by atoms with E-state index in [2.05, 4.69) is 0 Å². The zero-order valence-corrected chi connectivity index (χ0v) is 11.8. The molecule has 0 unspecified atom stereocenters. The second-order valence-electron chi connectivity index (χ2n) is 4.11. The predicted molar refractivity (Wildman–Crippen MR) is 79.4 cm³/mol. The van der Waals surface area contributed by atoms with Gasteiger partial charge in [-0.25, -0.2) is 9.59 Å². The Kier molecular flexibility index (Phi) is 4.10. The summed E-state index contributed by atoms with van der Waals surface area (Å²) in [5, 5.41) is 3.17. The number of methoxy groups -OCH3 is 2. The highest BCUT2D eigenvalue weighted by Gasteiger charge is 2.19. The molecule has 5 heteroatoms. The summed E-state index contributed by atoms with van der Waals surface area (Å²) >= 11 is 4.88. The van der Waals surface area contributed by atoms with Crippen molar-refractivity contribution in [1.29, 1.82) is 0 Å². The number of fused-ring (bicyclic) bond motifs is 1. The van der Waals surface area contributed by atoms with Crippen LogP contribution in [0.2, 0.25) is 0 Å². The van der Waals surface area contributed by atoms with E-state index >= 15 is 0 Å². The van der Waals surface area contributed by atoms with Gasteiger partial charge in [0.05, 0.1) is 25.3 Å². The van der Waals surface area contributed by atoms with Gasteiger partial charge in [-0.2, -0.15) is 0 Å². The quantitative estimate of drug-likeness (QED) is 0.642. The highest BCUT2D eigenvalue weighted by molar-refractivity contribution is 7.79. The molecule has 0 fully saturated rings. The first-order valence-electron chi connectivity index (χ1n) is 5.80. The van der Waals surface area contributed by atoms with E-state index in [9.17, 15) is 9.59 Å². The van der Waals surface area contributed by atoms with Crippen LogP contribution in [0.15, 0.2) is 30.3 Å². The lowest BCUT2D eigenvalue weighted by Crippen LogP contribution is -2.11. The normalized spacial score (nSPS) is 10.1. The van der Waals surface area contributed by atoms with Crippen molar-refractivity contribution in [3.8, 4) is 0 Å². The number of hydrogen-bond acceptors (Lipinski definition) is 5. The predicted octanol–water partition coefficient (Wildman–Crippen LogP) is 2.76. The summed E-state index contributed by atoms with van der Waals surface area (Å²) in [6.45, 7) is 0. The Hall–Kier alpha value is -2.27. The first-order valence-corrected chi connectivity index (χ1v) is 6.27. The lowest BCUT2D eigenvalue weighted by atomic mass is 9.99. The molecule has 4 nitrogen and oxygen atoms in total. The molecule has 0 saturated carbocycles. The molecule has 0 aliphatic rings. The highest BCUT2D eigenvalue weighted by Crippen LogP contribution is 2.22. The monoisotopic (exact) mass is 288 g/mol. The summed E-state index contributed by atoms with van der Waals surface area (Å²) in [6, 6.07) is 8.74. The van der Waals surface area contributed by atoms with Crippen LogP contribution in [0.4, 0.5) is 0 Å². The highest BCUT2D eigenvalue weighted by atomic mass is 32.1. The summed E-state index contributed by atoms with van der Waals surface area (Å²) in [6.07, 6.45) is 0. The van der Waals surface area contributed by atoms with E-state index in [1.54, 1.807) is 17.5 Å². The van der Waals surface area contributed by atoms with E-state index in [1.165, 1.54) is 14.2 Å². The molecule has 0 amide bonds. The molecule has 0 bridgehead atoms. The number of esters is 2. The van der Waals surface area contributed by atoms with E-state index in [-0.39, 0.29) is 11.1 Å². The van der Waals surface area contributed by atoms with Crippen LogP contribution < -0.4 is 0 Å². The van der Waals surface area contributed by atoms with Crippen molar-refractivity contribution in [3.63, 3.8) is 0 Å². The zero-order chi connectivity index (χ0) is 14.7. The van der Waals surface area contributed by atoms with Crippen molar-refractivity contribution in [2.45, 2.75) is 0 Å². The second-order valence-corrected chi connectivity index (χ2v) is 4.34. The van der Waals surface area contributed by atoms with Crippen molar-refractivity contribution in [1.82, 2.24) is 0 Å². The van der Waals surface area contributed by atoms with Crippen molar-refractivity contribution in [2.75, 3.05) is 14.2 Å². The Morgan fingerprint density at radius 3 is 2.00 bits per heavy atom. The topological polar surface area (TPSA) is 52.6 Å². The van der Waals surface area contributed by atoms with E-state index in [4.69, 9.17) is 21.7 Å². The van der Waals surface area contributed by atoms with E-state index in [1.807, 2.05) is 18.2 Å². The molecule has 0 heterocycles. The van der Waals surface area contributed by atoms with Gasteiger partial charge in [-0.1, -0.05) is 24.4 Å². The third kappa shape index (κ3) is 2.53. The summed E-state index contributed by atoms with van der Waals surface area (Å²) in [5.74, 6) is -1.16. The molecule has 2 aromatic carbocycles. The van der Waals surface area contributed by atoms with Gasteiger partial charge in [0, 0.05) is 5.37 Å². The van der Waals surface area contributed by atoms with Crippen LogP contribution in [0.1, 0.15) is 26.3 Å². The SMILES string of the molecule is COC(=O)c1cc2ccc(C=S)cc2cc1C(=O)OC. The fourth-order valence-electron chi connectivity index (χ4n) is 1.95. The number of benzene rings is 2. The van der Waals surface area contributed by atoms with Crippen LogP contribution in [0.3, 0.4) is 0 Å². The molecule has 0 spiro atoms. The summed E-state index contributed by atoms with van der Waals surface area (Å²) in [5.41, 5.74) is 1.21. The number of hydrogen-bond donors (Lipinski definition) is 0. The minimum Gasteiger partial charge on any atom is -0.465 e. The molecule has 0 radical (unpaired) electrons. The Balaban J connectivity index is 2.73. The molecule has 0 aliphatic heterocycles. The molecular weight excluding hydrogens is 276 g/mol. The summed E-state index contributed by atoms with van der Waals surface area (Å²) in [4.78, 5) is 23.6. The van der Waals surface area contributed by atoms with Crippen LogP contribution in [0, 0.1) is 0 Å². The van der Waals surface area contributed by atoms with Gasteiger partial charge in [0.25, 0.3) is 0 Å². The number of carbonyl (C=O) groups is 2. The molecule has 102 valence electrons. The third-order valence-electron chi connectivity index (χ3n) is 2.95. The van der Waals surface area contributed by atoms with Gasteiger partial charge >= 0.3 is 11.9 Å². The van der Waals surface area contributed by atoms with Crippen LogP contribution in [0.5, 0.6) is 0 Å². The Morgan fingerprint density at radius 2 is 1.50 bits per heavy atom. The lowest BCUT2D eigenvalue weighted by molar-refractivity contribution is 0.0555. The van der Waals surface area contributed by atoms with Crippen molar-refractivity contribution < 1.29 is 19.1 Å². The Bertz CT molecular complexity index is 706. The maximum atomic E-state index is 11.8. The number of rotatable bonds is 3. The smallest absolute Gasteiger partial charge is 0.338 e. The minimum absolute atomic E-state index is 0.174. The summed E-state index contributed by atoms with van der Waals surface area (Å²) in [7, 11) is 2.53. The van der Waals surface area contributed by atoms with Crippen molar-refractivity contribution >= 4 is 40.3 Å². The molecule has 2 rings (SSSR count). The summed E-state index contributed by atoms with van der Waals surface area (Å²) < 4.78 is 9.40. The van der Waals surface area contributed by atoms with Gasteiger partial charge in [0.2, 0.25) is 0 Å². The Morgan fingerprint density at radius 1 is 0.950 bits per heavy atom. The molecule has 0 aliphatic carbocycles. The Labute approximate surface area is 121 Å². The van der Waals surface area contributed by atoms with Crippen LogP contribution in [0.25, 0.3) is 10.8 Å². The fraction of sp³-hybridized carbons (Fsp3) is 0.133. The van der Waals surface area contributed by atoms with E-state index in [0.29, 0.717) is 0 Å². The average molecular weight is 288 g/mol. The maximum Gasteiger partial charge on any atom is 0.338 e. The molecule has 0 N–H and O–H groups in total. The van der Waals surface area contributed by atoms with Gasteiger partial charge in [-0.3, -0.25) is 0 Å². The van der Waals surface area contributed by atoms with Gasteiger partial charge in [-0.05, 0) is 34.5 Å². The van der Waals surface area contributed by atoms with Gasteiger partial charge in [-0.15, -0.1) is 0 Å². The lowest BCUT2D eigenvalue weighted by Gasteiger charge is -2.09. The van der Waals surface area contributed by atoms with Gasteiger partial charge < -0.3 is 9.47 Å². The molecule has 0 aromatic heterocycles. The third-order valence-corrected chi connectivity index (χ3v) is 3.22. The molecule has 2 aromatic rings. The molecular formula is C15H12O4S. The minimum atomic E-state index is -0.583. The first kappa shape index (κ1) is 14.1. The first-order chi connectivity index (χ1) is 9.60. The van der Waals surface area contributed by atoms with E-state index in [0.717, 1.165) is 16.3 Å². The molecule has 20 heavy (non-hydrogen) atoms. The second kappa shape index (κ2) is 5.79. The standard InChI is InChI=1S/C15H12O4S/c1-18-14(16)12-6-10-4-3-9(8-20)5-11(10)7-13(12)15(17)19-2/h3-8H,1-2H3. The van der Waals surface area contributed by atoms with Crippen LogP contribution in [-0.4, -0.2) is 31.5 Å². The van der Waals surface area contributed by atoms with Crippen LogP contribution in [-0.2, 0) is 9.47 Å². The zero-order valence-electron chi connectivity index (χ0n) is 11.0. The molecule has 0 saturated heterocycles. The number of thiocarbonyl (C=S) groups is 1.